The fourth-order valence-corrected chi connectivity index (χ4v) is 1.43. The summed E-state index contributed by atoms with van der Waals surface area (Å²) < 4.78 is 1.30. The highest BCUT2D eigenvalue weighted by atomic mass is 35.5. The highest BCUT2D eigenvalue weighted by molar-refractivity contribution is 5.85. The lowest BCUT2D eigenvalue weighted by Gasteiger charge is -2.14. The molecule has 0 aliphatic carbocycles. The maximum atomic E-state index is 11.7. The number of rotatable bonds is 2. The topological polar surface area (TPSA) is 63.0 Å². The zero-order valence-corrected chi connectivity index (χ0v) is 11.9. The van der Waals surface area contributed by atoms with E-state index in [0.717, 1.165) is 11.3 Å². The predicted molar refractivity (Wildman–Crippen MR) is 78.2 cm³/mol. The normalized spacial score (nSPS) is 11.5. The van der Waals surface area contributed by atoms with Crippen molar-refractivity contribution in [3.05, 3.63) is 52.5 Å². The molecule has 2 aromatic rings. The Hall–Kier alpha value is -1.88. The lowest BCUT2D eigenvalue weighted by atomic mass is 9.93. The number of pyridine rings is 1. The molecule has 0 aliphatic rings. The Labute approximate surface area is 117 Å². The molecule has 0 radical (unpaired) electrons. The van der Waals surface area contributed by atoms with Crippen molar-refractivity contribution in [1.29, 1.82) is 0 Å². The molecule has 19 heavy (non-hydrogen) atoms. The quantitative estimate of drug-likeness (QED) is 0.857. The summed E-state index contributed by atoms with van der Waals surface area (Å²) in [4.78, 5) is 18.5. The first-order valence-corrected chi connectivity index (χ1v) is 5.73. The largest absolute Gasteiger partial charge is 0.346 e. The van der Waals surface area contributed by atoms with Gasteiger partial charge >= 0.3 is 5.69 Å². The van der Waals surface area contributed by atoms with E-state index in [1.54, 1.807) is 24.8 Å². The number of hydrogen-bond donors (Lipinski definition) is 1. The molecule has 6 heteroatoms. The van der Waals surface area contributed by atoms with Crippen LogP contribution in [0.4, 0.5) is 0 Å². The molecular formula is C13H17ClN4O. The number of halogens is 1. The molecular weight excluding hydrogens is 264 g/mol. The third kappa shape index (κ3) is 3.79. The Bertz CT molecular complexity index is 608. The van der Waals surface area contributed by atoms with Crippen molar-refractivity contribution >= 4 is 18.6 Å². The SMILES string of the molecule is CC(C)(C)c1cn(N=Cc2cccnc2)c(=O)[nH]1.Cl. The van der Waals surface area contributed by atoms with Crippen molar-refractivity contribution < 1.29 is 0 Å². The Morgan fingerprint density at radius 1 is 1.42 bits per heavy atom. The van der Waals surface area contributed by atoms with Gasteiger partial charge in [0.25, 0.3) is 0 Å². The second-order valence-corrected chi connectivity index (χ2v) is 5.10. The van der Waals surface area contributed by atoms with Crippen molar-refractivity contribution in [1.82, 2.24) is 14.6 Å². The second-order valence-electron chi connectivity index (χ2n) is 5.10. The van der Waals surface area contributed by atoms with Crippen LogP contribution in [0.3, 0.4) is 0 Å². The molecule has 102 valence electrons. The summed E-state index contributed by atoms with van der Waals surface area (Å²) in [6.45, 7) is 6.11. The van der Waals surface area contributed by atoms with E-state index in [-0.39, 0.29) is 23.5 Å². The molecule has 2 heterocycles. The van der Waals surface area contributed by atoms with Crippen LogP contribution >= 0.6 is 12.4 Å². The zero-order valence-electron chi connectivity index (χ0n) is 11.1. The Morgan fingerprint density at radius 3 is 2.68 bits per heavy atom. The third-order valence-electron chi connectivity index (χ3n) is 2.52. The molecule has 0 atom stereocenters. The smallest absolute Gasteiger partial charge is 0.308 e. The van der Waals surface area contributed by atoms with Crippen LogP contribution in [0, 0.1) is 0 Å². The summed E-state index contributed by atoms with van der Waals surface area (Å²) in [5.74, 6) is 0. The van der Waals surface area contributed by atoms with E-state index in [2.05, 4.69) is 15.1 Å². The molecule has 0 fully saturated rings. The standard InChI is InChI=1S/C13H16N4O.ClH/c1-13(2,3)11-9-17(12(18)16-11)15-8-10-5-4-6-14-7-10;/h4-9H,1-3H3,(H,16,18);1H. The minimum atomic E-state index is -0.236. The lowest BCUT2D eigenvalue weighted by Crippen LogP contribution is -2.15. The van der Waals surface area contributed by atoms with Gasteiger partial charge < -0.3 is 4.98 Å². The first kappa shape index (κ1) is 15.2. The Kier molecular flexibility index (Phi) is 4.67. The summed E-state index contributed by atoms with van der Waals surface area (Å²) in [6.07, 6.45) is 6.70. The third-order valence-corrected chi connectivity index (χ3v) is 2.52. The fraction of sp³-hybridized carbons (Fsp3) is 0.308. The predicted octanol–water partition coefficient (Wildman–Crippen LogP) is 2.17. The van der Waals surface area contributed by atoms with Crippen molar-refractivity contribution in [3.8, 4) is 0 Å². The van der Waals surface area contributed by atoms with E-state index in [1.165, 1.54) is 4.68 Å². The molecule has 0 bridgehead atoms. The van der Waals surface area contributed by atoms with Gasteiger partial charge in [0.15, 0.2) is 0 Å². The molecule has 2 rings (SSSR count). The number of nitrogens with zero attached hydrogens (tertiary/aromatic N) is 3. The molecule has 0 saturated heterocycles. The highest BCUT2D eigenvalue weighted by Gasteiger charge is 2.17. The van der Waals surface area contributed by atoms with Crippen molar-refractivity contribution in [2.75, 3.05) is 0 Å². The fourth-order valence-electron chi connectivity index (χ4n) is 1.43. The molecule has 2 aromatic heterocycles. The van der Waals surface area contributed by atoms with Crippen LogP contribution in [-0.4, -0.2) is 20.9 Å². The Morgan fingerprint density at radius 2 is 2.16 bits per heavy atom. The van der Waals surface area contributed by atoms with Gasteiger partial charge in [0.05, 0.1) is 12.4 Å². The van der Waals surface area contributed by atoms with Gasteiger partial charge in [-0.15, -0.1) is 12.4 Å². The summed E-state index contributed by atoms with van der Waals surface area (Å²) in [5.41, 5.74) is 1.37. The molecule has 0 unspecified atom stereocenters. The second kappa shape index (κ2) is 5.84. The van der Waals surface area contributed by atoms with Gasteiger partial charge in [-0.05, 0) is 6.07 Å². The van der Waals surface area contributed by atoms with E-state index in [0.29, 0.717) is 0 Å². The van der Waals surface area contributed by atoms with Crippen molar-refractivity contribution in [2.24, 2.45) is 5.10 Å². The van der Waals surface area contributed by atoms with Gasteiger partial charge in [0, 0.05) is 29.1 Å². The number of imidazole rings is 1. The zero-order chi connectivity index (χ0) is 13.2. The van der Waals surface area contributed by atoms with Gasteiger partial charge in [-0.25, -0.2) is 4.79 Å². The van der Waals surface area contributed by atoms with Crippen LogP contribution in [0.5, 0.6) is 0 Å². The van der Waals surface area contributed by atoms with E-state index in [1.807, 2.05) is 32.9 Å². The van der Waals surface area contributed by atoms with Crippen LogP contribution in [0.15, 0.2) is 40.6 Å². The minimum Gasteiger partial charge on any atom is -0.308 e. The van der Waals surface area contributed by atoms with Gasteiger partial charge in [-0.1, -0.05) is 26.8 Å². The summed E-state index contributed by atoms with van der Waals surface area (Å²) in [6, 6.07) is 3.70. The van der Waals surface area contributed by atoms with Crippen LogP contribution in [-0.2, 0) is 5.41 Å². The number of aromatic amines is 1. The van der Waals surface area contributed by atoms with Crippen molar-refractivity contribution in [3.63, 3.8) is 0 Å². The van der Waals surface area contributed by atoms with Crippen LogP contribution in [0.1, 0.15) is 32.0 Å². The molecule has 0 saturated carbocycles. The van der Waals surface area contributed by atoms with Crippen LogP contribution in [0.25, 0.3) is 0 Å². The van der Waals surface area contributed by atoms with Gasteiger partial charge in [-0.3, -0.25) is 4.98 Å². The molecule has 0 aliphatic heterocycles. The van der Waals surface area contributed by atoms with Gasteiger partial charge in [0.1, 0.15) is 0 Å². The minimum absolute atomic E-state index is 0. The summed E-state index contributed by atoms with van der Waals surface area (Å²) >= 11 is 0. The number of hydrogen-bond acceptors (Lipinski definition) is 3. The van der Waals surface area contributed by atoms with E-state index < -0.39 is 0 Å². The van der Waals surface area contributed by atoms with Crippen LogP contribution < -0.4 is 5.69 Å². The average molecular weight is 281 g/mol. The molecule has 0 amide bonds. The maximum absolute atomic E-state index is 11.7. The van der Waals surface area contributed by atoms with Gasteiger partial charge in [0.2, 0.25) is 0 Å². The monoisotopic (exact) mass is 280 g/mol. The number of nitrogens with one attached hydrogen (secondary N) is 1. The molecule has 0 spiro atoms. The first-order valence-electron chi connectivity index (χ1n) is 5.73. The molecule has 5 nitrogen and oxygen atoms in total. The Balaban J connectivity index is 0.00000180. The highest BCUT2D eigenvalue weighted by Crippen LogP contribution is 2.18. The van der Waals surface area contributed by atoms with E-state index >= 15 is 0 Å². The van der Waals surface area contributed by atoms with E-state index in [9.17, 15) is 4.79 Å². The lowest BCUT2D eigenvalue weighted by molar-refractivity contribution is 0.571. The maximum Gasteiger partial charge on any atom is 0.346 e. The average Bonchev–Trinajstić information content (AvgIpc) is 2.69. The van der Waals surface area contributed by atoms with E-state index in [4.69, 9.17) is 0 Å². The first-order chi connectivity index (χ1) is 8.47. The summed E-state index contributed by atoms with van der Waals surface area (Å²) in [5, 5.41) is 4.12. The molecule has 1 N–H and O–H groups in total. The van der Waals surface area contributed by atoms with Crippen LogP contribution in [0.2, 0.25) is 0 Å². The number of aromatic nitrogens is 3. The number of H-pyrrole nitrogens is 1. The molecule has 0 aromatic carbocycles. The summed E-state index contributed by atoms with van der Waals surface area (Å²) in [7, 11) is 0. The van der Waals surface area contributed by atoms with Crippen molar-refractivity contribution in [2.45, 2.75) is 26.2 Å². The van der Waals surface area contributed by atoms with Gasteiger partial charge in [-0.2, -0.15) is 9.78 Å².